The van der Waals surface area contributed by atoms with E-state index in [2.05, 4.69) is 16.6 Å². The first kappa shape index (κ1) is 14.0. The van der Waals surface area contributed by atoms with Crippen molar-refractivity contribution in [3.63, 3.8) is 0 Å². The largest absolute Gasteiger partial charge is 0.384 e. The van der Waals surface area contributed by atoms with Crippen molar-refractivity contribution in [2.45, 2.75) is 32.2 Å². The molecule has 0 aliphatic carbocycles. The first-order valence-corrected chi connectivity index (χ1v) is 6.09. The zero-order chi connectivity index (χ0) is 12.7. The minimum atomic E-state index is -0.386. The number of nitrogens with one attached hydrogen (secondary N) is 2. The normalized spacial score (nSPS) is 20.3. The third-order valence-electron chi connectivity index (χ3n) is 3.26. The van der Waals surface area contributed by atoms with Crippen molar-refractivity contribution in [1.29, 1.82) is 0 Å². The molecule has 1 saturated heterocycles. The van der Waals surface area contributed by atoms with Crippen LogP contribution in [0.1, 0.15) is 26.2 Å². The Morgan fingerprint density at radius 3 is 2.76 bits per heavy atom. The van der Waals surface area contributed by atoms with Gasteiger partial charge in [-0.2, -0.15) is 0 Å². The van der Waals surface area contributed by atoms with E-state index in [1.165, 1.54) is 0 Å². The highest BCUT2D eigenvalue weighted by atomic mass is 16.5. The number of carbonyl (C=O) groups is 1. The van der Waals surface area contributed by atoms with Gasteiger partial charge in [0.05, 0.1) is 12.0 Å². The number of piperidine rings is 1. The Labute approximate surface area is 103 Å². The van der Waals surface area contributed by atoms with Crippen molar-refractivity contribution >= 4 is 5.91 Å². The van der Waals surface area contributed by atoms with E-state index in [4.69, 9.17) is 11.2 Å². The number of hydrogen-bond donors (Lipinski definition) is 2. The van der Waals surface area contributed by atoms with Gasteiger partial charge in [-0.25, -0.2) is 0 Å². The summed E-state index contributed by atoms with van der Waals surface area (Å²) in [6.07, 6.45) is 7.43. The highest BCUT2D eigenvalue weighted by molar-refractivity contribution is 5.83. The Morgan fingerprint density at radius 1 is 1.59 bits per heavy atom. The van der Waals surface area contributed by atoms with E-state index in [9.17, 15) is 4.79 Å². The number of methoxy groups -OCH3 is 1. The topological polar surface area (TPSA) is 50.4 Å². The predicted octanol–water partition coefficient (Wildman–Crippen LogP) is 0.531. The molecule has 1 aliphatic rings. The lowest BCUT2D eigenvalue weighted by Gasteiger charge is -2.36. The van der Waals surface area contributed by atoms with Gasteiger partial charge in [0.2, 0.25) is 5.91 Å². The van der Waals surface area contributed by atoms with E-state index >= 15 is 0 Å². The maximum atomic E-state index is 12.3. The van der Waals surface area contributed by atoms with Crippen LogP contribution < -0.4 is 10.6 Å². The SMILES string of the molecule is C#CCC(C)NC(=O)C1(COC)CCNCC1. The number of hydrogen-bond acceptors (Lipinski definition) is 3. The van der Waals surface area contributed by atoms with Crippen molar-refractivity contribution < 1.29 is 9.53 Å². The van der Waals surface area contributed by atoms with Crippen LogP contribution in [0, 0.1) is 17.8 Å². The Bertz CT molecular complexity index is 285. The molecule has 1 amide bonds. The molecule has 96 valence electrons. The Hall–Kier alpha value is -1.05. The third kappa shape index (κ3) is 3.72. The van der Waals surface area contributed by atoms with Crippen LogP contribution in [0.4, 0.5) is 0 Å². The zero-order valence-corrected chi connectivity index (χ0v) is 10.7. The predicted molar refractivity (Wildman–Crippen MR) is 67.5 cm³/mol. The fourth-order valence-corrected chi connectivity index (χ4v) is 2.22. The fraction of sp³-hybridized carbons (Fsp3) is 0.769. The van der Waals surface area contributed by atoms with Crippen LogP contribution in [0.2, 0.25) is 0 Å². The minimum Gasteiger partial charge on any atom is -0.384 e. The smallest absolute Gasteiger partial charge is 0.228 e. The lowest BCUT2D eigenvalue weighted by Crippen LogP contribution is -2.51. The quantitative estimate of drug-likeness (QED) is 0.687. The van der Waals surface area contributed by atoms with Crippen molar-refractivity contribution in [2.24, 2.45) is 5.41 Å². The van der Waals surface area contributed by atoms with Gasteiger partial charge in [0, 0.05) is 19.6 Å². The first-order chi connectivity index (χ1) is 8.14. The van der Waals surface area contributed by atoms with E-state index in [1.807, 2.05) is 6.92 Å². The molecule has 0 bridgehead atoms. The summed E-state index contributed by atoms with van der Waals surface area (Å²) in [7, 11) is 1.64. The number of amides is 1. The number of rotatable bonds is 5. The van der Waals surface area contributed by atoms with E-state index in [0.29, 0.717) is 13.0 Å². The van der Waals surface area contributed by atoms with Crippen LogP contribution in [-0.4, -0.2) is 38.8 Å². The van der Waals surface area contributed by atoms with E-state index < -0.39 is 0 Å². The summed E-state index contributed by atoms with van der Waals surface area (Å²) < 4.78 is 5.22. The molecule has 0 aromatic heterocycles. The van der Waals surface area contributed by atoms with Crippen LogP contribution in [0.5, 0.6) is 0 Å². The Kier molecular flexibility index (Phi) is 5.46. The molecule has 0 aromatic carbocycles. The van der Waals surface area contributed by atoms with Gasteiger partial charge in [-0.05, 0) is 32.9 Å². The van der Waals surface area contributed by atoms with Gasteiger partial charge < -0.3 is 15.4 Å². The second-order valence-corrected chi connectivity index (χ2v) is 4.75. The fourth-order valence-electron chi connectivity index (χ4n) is 2.22. The number of carbonyl (C=O) groups excluding carboxylic acids is 1. The molecule has 0 saturated carbocycles. The second kappa shape index (κ2) is 6.63. The molecule has 0 aromatic rings. The maximum Gasteiger partial charge on any atom is 0.228 e. The van der Waals surface area contributed by atoms with Gasteiger partial charge in [0.1, 0.15) is 0 Å². The molecule has 1 atom stereocenters. The summed E-state index contributed by atoms with van der Waals surface area (Å²) in [5.41, 5.74) is -0.386. The third-order valence-corrected chi connectivity index (χ3v) is 3.26. The van der Waals surface area contributed by atoms with Crippen molar-refractivity contribution in [1.82, 2.24) is 10.6 Å². The number of ether oxygens (including phenoxy) is 1. The van der Waals surface area contributed by atoms with Crippen LogP contribution >= 0.6 is 0 Å². The Morgan fingerprint density at radius 2 is 2.24 bits per heavy atom. The van der Waals surface area contributed by atoms with Crippen LogP contribution in [-0.2, 0) is 9.53 Å². The standard InChI is InChI=1S/C13H22N2O2/c1-4-5-11(2)15-12(16)13(10-17-3)6-8-14-9-7-13/h1,11,14H,5-10H2,2-3H3,(H,15,16). The Balaban J connectivity index is 2.63. The molecule has 1 fully saturated rings. The zero-order valence-electron chi connectivity index (χ0n) is 10.7. The molecule has 0 radical (unpaired) electrons. The van der Waals surface area contributed by atoms with Gasteiger partial charge in [0.15, 0.2) is 0 Å². The average molecular weight is 238 g/mol. The monoisotopic (exact) mass is 238 g/mol. The van der Waals surface area contributed by atoms with E-state index in [1.54, 1.807) is 7.11 Å². The summed E-state index contributed by atoms with van der Waals surface area (Å²) in [5, 5.41) is 6.25. The number of terminal acetylenes is 1. The average Bonchev–Trinajstić information content (AvgIpc) is 2.30. The lowest BCUT2D eigenvalue weighted by atomic mass is 9.78. The van der Waals surface area contributed by atoms with Crippen LogP contribution in [0.15, 0.2) is 0 Å². The first-order valence-electron chi connectivity index (χ1n) is 6.09. The maximum absolute atomic E-state index is 12.3. The molecule has 1 aliphatic heterocycles. The molecule has 0 spiro atoms. The summed E-state index contributed by atoms with van der Waals surface area (Å²) >= 11 is 0. The summed E-state index contributed by atoms with van der Waals surface area (Å²) in [5.74, 6) is 2.63. The molecule has 1 unspecified atom stereocenters. The van der Waals surface area contributed by atoms with Crippen molar-refractivity contribution in [3.05, 3.63) is 0 Å². The van der Waals surface area contributed by atoms with Gasteiger partial charge in [-0.3, -0.25) is 4.79 Å². The van der Waals surface area contributed by atoms with E-state index in [0.717, 1.165) is 25.9 Å². The molecular weight excluding hydrogens is 216 g/mol. The second-order valence-electron chi connectivity index (χ2n) is 4.75. The van der Waals surface area contributed by atoms with Crippen LogP contribution in [0.3, 0.4) is 0 Å². The summed E-state index contributed by atoms with van der Waals surface area (Å²) in [6, 6.07) is 0.0242. The summed E-state index contributed by atoms with van der Waals surface area (Å²) in [6.45, 7) is 4.13. The molecule has 17 heavy (non-hydrogen) atoms. The van der Waals surface area contributed by atoms with E-state index in [-0.39, 0.29) is 17.4 Å². The lowest BCUT2D eigenvalue weighted by molar-refractivity contribution is -0.136. The molecule has 4 heteroatoms. The highest BCUT2D eigenvalue weighted by Gasteiger charge is 2.39. The van der Waals surface area contributed by atoms with Gasteiger partial charge in [-0.15, -0.1) is 12.3 Å². The minimum absolute atomic E-state index is 0.0242. The molecule has 2 N–H and O–H groups in total. The van der Waals surface area contributed by atoms with Crippen LogP contribution in [0.25, 0.3) is 0 Å². The van der Waals surface area contributed by atoms with Crippen molar-refractivity contribution in [3.8, 4) is 12.3 Å². The summed E-state index contributed by atoms with van der Waals surface area (Å²) in [4.78, 5) is 12.3. The molecule has 1 rings (SSSR count). The molecule has 1 heterocycles. The highest BCUT2D eigenvalue weighted by Crippen LogP contribution is 2.29. The van der Waals surface area contributed by atoms with Gasteiger partial charge >= 0.3 is 0 Å². The van der Waals surface area contributed by atoms with Crippen molar-refractivity contribution in [2.75, 3.05) is 26.8 Å². The molecule has 4 nitrogen and oxygen atoms in total. The van der Waals surface area contributed by atoms with Gasteiger partial charge in [-0.1, -0.05) is 0 Å². The van der Waals surface area contributed by atoms with Gasteiger partial charge in [0.25, 0.3) is 0 Å². The molecular formula is C13H22N2O2.